The van der Waals surface area contributed by atoms with E-state index in [1.807, 2.05) is 6.92 Å². The largest absolute Gasteiger partial charge is 0.393 e. The normalized spacial score (nSPS) is 31.8. The molecule has 3 rings (SSSR count). The fraction of sp³-hybridized carbons (Fsp3) is 0.667. The third kappa shape index (κ3) is 2.23. The molecule has 0 radical (unpaired) electrons. The average molecular weight is 322 g/mol. The van der Waals surface area contributed by atoms with Crippen molar-refractivity contribution in [3.63, 3.8) is 0 Å². The van der Waals surface area contributed by atoms with E-state index in [1.54, 1.807) is 10.4 Å². The van der Waals surface area contributed by atoms with E-state index in [2.05, 4.69) is 0 Å². The molecule has 0 amide bonds. The number of thiophene rings is 1. The van der Waals surface area contributed by atoms with Gasteiger partial charge < -0.3 is 5.11 Å². The second-order valence-corrected chi connectivity index (χ2v) is 9.09. The zero-order valence-corrected chi connectivity index (χ0v) is 12.9. The summed E-state index contributed by atoms with van der Waals surface area (Å²) in [5.41, 5.74) is 0.801. The first-order chi connectivity index (χ1) is 8.89. The van der Waals surface area contributed by atoms with E-state index in [0.29, 0.717) is 21.4 Å². The van der Waals surface area contributed by atoms with Gasteiger partial charge in [-0.15, -0.1) is 11.3 Å². The molecule has 106 valence electrons. The van der Waals surface area contributed by atoms with E-state index in [0.717, 1.165) is 29.7 Å². The van der Waals surface area contributed by atoms with Crippen LogP contribution in [0.3, 0.4) is 0 Å². The maximum atomic E-state index is 12.7. The topological polar surface area (TPSA) is 57.6 Å². The van der Waals surface area contributed by atoms with Crippen LogP contribution in [-0.4, -0.2) is 36.0 Å². The first kappa shape index (κ1) is 13.8. The monoisotopic (exact) mass is 321 g/mol. The third-order valence-corrected chi connectivity index (χ3v) is 8.02. The Morgan fingerprint density at radius 3 is 2.42 bits per heavy atom. The number of aryl methyl sites for hydroxylation is 1. The van der Waals surface area contributed by atoms with Crippen LogP contribution in [-0.2, 0) is 10.0 Å². The molecule has 0 saturated carbocycles. The van der Waals surface area contributed by atoms with Crippen LogP contribution in [0.15, 0.2) is 10.3 Å². The smallest absolute Gasteiger partial charge is 0.253 e. The molecule has 2 aliphatic rings. The second kappa shape index (κ2) is 4.70. The maximum absolute atomic E-state index is 12.7. The van der Waals surface area contributed by atoms with Crippen molar-refractivity contribution in [3.05, 3.63) is 16.0 Å². The zero-order chi connectivity index (χ0) is 13.8. The van der Waals surface area contributed by atoms with Crippen LogP contribution < -0.4 is 0 Å². The number of aliphatic hydroxyl groups is 1. The Labute approximate surface area is 122 Å². The molecule has 7 heteroatoms. The summed E-state index contributed by atoms with van der Waals surface area (Å²) in [6.07, 6.45) is 2.43. The first-order valence-corrected chi connectivity index (χ1v) is 9.00. The molecule has 2 saturated heterocycles. The SMILES string of the molecule is Cc1cc(S(=O)(=O)N2C3CCC2CC(O)C3)sc1Cl. The summed E-state index contributed by atoms with van der Waals surface area (Å²) < 4.78 is 27.9. The number of rotatable bonds is 2. The molecule has 1 aromatic heterocycles. The molecular formula is C12H16ClNO3S2. The van der Waals surface area contributed by atoms with E-state index in [4.69, 9.17) is 11.6 Å². The minimum absolute atomic E-state index is 0.0556. The Hall–Kier alpha value is -0.140. The minimum Gasteiger partial charge on any atom is -0.393 e. The molecule has 3 heterocycles. The first-order valence-electron chi connectivity index (χ1n) is 6.37. The van der Waals surface area contributed by atoms with E-state index in [1.165, 1.54) is 0 Å². The lowest BCUT2D eigenvalue weighted by Crippen LogP contribution is -2.47. The summed E-state index contributed by atoms with van der Waals surface area (Å²) in [6, 6.07) is 1.53. The van der Waals surface area contributed by atoms with Gasteiger partial charge in [0, 0.05) is 12.1 Å². The predicted molar refractivity (Wildman–Crippen MR) is 75.1 cm³/mol. The molecule has 19 heavy (non-hydrogen) atoms. The lowest BCUT2D eigenvalue weighted by molar-refractivity contribution is 0.0769. The molecule has 2 fully saturated rings. The van der Waals surface area contributed by atoms with Gasteiger partial charge in [-0.3, -0.25) is 0 Å². The molecule has 4 nitrogen and oxygen atoms in total. The van der Waals surface area contributed by atoms with Crippen LogP contribution in [0.4, 0.5) is 0 Å². The van der Waals surface area contributed by atoms with Crippen molar-refractivity contribution < 1.29 is 13.5 Å². The van der Waals surface area contributed by atoms with Gasteiger partial charge >= 0.3 is 0 Å². The van der Waals surface area contributed by atoms with Crippen molar-refractivity contribution in [2.45, 2.75) is 55.0 Å². The third-order valence-electron chi connectivity index (χ3n) is 4.01. The number of hydrogen-bond acceptors (Lipinski definition) is 4. The number of piperidine rings is 1. The summed E-state index contributed by atoms with van der Waals surface area (Å²) in [7, 11) is -3.47. The van der Waals surface area contributed by atoms with Crippen molar-refractivity contribution in [1.29, 1.82) is 0 Å². The van der Waals surface area contributed by atoms with Crippen molar-refractivity contribution >= 4 is 33.0 Å². The molecule has 2 atom stereocenters. The molecule has 0 aromatic carbocycles. The van der Waals surface area contributed by atoms with Gasteiger partial charge in [0.15, 0.2) is 0 Å². The van der Waals surface area contributed by atoms with Gasteiger partial charge in [0.1, 0.15) is 4.21 Å². The van der Waals surface area contributed by atoms with Crippen LogP contribution in [0.25, 0.3) is 0 Å². The molecule has 2 bridgehead atoms. The summed E-state index contributed by atoms with van der Waals surface area (Å²) >= 11 is 7.10. The van der Waals surface area contributed by atoms with Crippen molar-refractivity contribution in [3.8, 4) is 0 Å². The van der Waals surface area contributed by atoms with Crippen LogP contribution >= 0.6 is 22.9 Å². The summed E-state index contributed by atoms with van der Waals surface area (Å²) in [4.78, 5) is 0. The molecule has 0 spiro atoms. The highest BCUT2D eigenvalue weighted by atomic mass is 35.5. The Morgan fingerprint density at radius 2 is 1.95 bits per heavy atom. The van der Waals surface area contributed by atoms with E-state index in [9.17, 15) is 13.5 Å². The fourth-order valence-electron chi connectivity index (χ4n) is 3.16. The summed E-state index contributed by atoms with van der Waals surface area (Å²) in [5, 5.41) is 9.75. The number of halogens is 1. The molecule has 2 unspecified atom stereocenters. The minimum atomic E-state index is -3.47. The fourth-order valence-corrected chi connectivity index (χ4v) is 6.86. The average Bonchev–Trinajstić information content (AvgIpc) is 2.80. The lowest BCUT2D eigenvalue weighted by Gasteiger charge is -2.35. The maximum Gasteiger partial charge on any atom is 0.253 e. The van der Waals surface area contributed by atoms with Crippen molar-refractivity contribution in [1.82, 2.24) is 4.31 Å². The van der Waals surface area contributed by atoms with Crippen molar-refractivity contribution in [2.24, 2.45) is 0 Å². The number of fused-ring (bicyclic) bond motifs is 2. The van der Waals surface area contributed by atoms with Gasteiger partial charge in [0.2, 0.25) is 0 Å². The Balaban J connectivity index is 1.97. The number of nitrogens with zero attached hydrogens (tertiary/aromatic N) is 1. The second-order valence-electron chi connectivity index (χ2n) is 5.37. The number of aliphatic hydroxyl groups excluding tert-OH is 1. The van der Waals surface area contributed by atoms with Crippen LogP contribution in [0, 0.1) is 6.92 Å². The van der Waals surface area contributed by atoms with Crippen molar-refractivity contribution in [2.75, 3.05) is 0 Å². The molecule has 1 N–H and O–H groups in total. The number of sulfonamides is 1. The molecule has 2 aliphatic heterocycles. The van der Waals surface area contributed by atoms with Gasteiger partial charge in [-0.2, -0.15) is 4.31 Å². The lowest BCUT2D eigenvalue weighted by atomic mass is 10.0. The summed E-state index contributed by atoms with van der Waals surface area (Å²) in [6.45, 7) is 1.81. The van der Waals surface area contributed by atoms with Crippen LogP contribution in [0.2, 0.25) is 4.34 Å². The van der Waals surface area contributed by atoms with E-state index in [-0.39, 0.29) is 18.2 Å². The standard InChI is InChI=1S/C12H16ClNO3S2/c1-7-4-11(18-12(7)13)19(16,17)14-8-2-3-9(14)6-10(15)5-8/h4,8-10,15H,2-3,5-6H2,1H3. The van der Waals surface area contributed by atoms with E-state index < -0.39 is 10.0 Å². The van der Waals surface area contributed by atoms with Gasteiger partial charge in [-0.25, -0.2) is 8.42 Å². The van der Waals surface area contributed by atoms with Gasteiger partial charge in [-0.05, 0) is 44.2 Å². The van der Waals surface area contributed by atoms with Crippen LogP contribution in [0.5, 0.6) is 0 Å². The Kier molecular flexibility index (Phi) is 3.42. The quantitative estimate of drug-likeness (QED) is 0.910. The van der Waals surface area contributed by atoms with Crippen LogP contribution in [0.1, 0.15) is 31.2 Å². The molecule has 0 aliphatic carbocycles. The summed E-state index contributed by atoms with van der Waals surface area (Å²) in [5.74, 6) is 0. The molecular weight excluding hydrogens is 306 g/mol. The van der Waals surface area contributed by atoms with E-state index >= 15 is 0 Å². The Bertz CT molecular complexity index is 565. The highest BCUT2D eigenvalue weighted by Crippen LogP contribution is 2.42. The highest BCUT2D eigenvalue weighted by Gasteiger charge is 2.47. The van der Waals surface area contributed by atoms with Gasteiger partial charge in [0.05, 0.1) is 10.4 Å². The highest BCUT2D eigenvalue weighted by molar-refractivity contribution is 7.91. The molecule has 1 aromatic rings. The predicted octanol–water partition coefficient (Wildman–Crippen LogP) is 2.39. The zero-order valence-electron chi connectivity index (χ0n) is 10.5. The van der Waals surface area contributed by atoms with Gasteiger partial charge in [0.25, 0.3) is 10.0 Å². The number of hydrogen-bond donors (Lipinski definition) is 1. The Morgan fingerprint density at radius 1 is 1.37 bits per heavy atom. The van der Waals surface area contributed by atoms with Gasteiger partial charge in [-0.1, -0.05) is 11.6 Å².